The van der Waals surface area contributed by atoms with Crippen LogP contribution in [-0.4, -0.2) is 12.2 Å². The number of aryl methyl sites for hydroxylation is 1. The van der Waals surface area contributed by atoms with E-state index in [2.05, 4.69) is 5.32 Å². The lowest BCUT2D eigenvalue weighted by atomic mass is 10.0. The Morgan fingerprint density at radius 1 is 1.12 bits per heavy atom. The number of thiocarbonyl (C=S) groups is 1. The summed E-state index contributed by atoms with van der Waals surface area (Å²) < 4.78 is 19.7. The van der Waals surface area contributed by atoms with Gasteiger partial charge in [-0.15, -0.1) is 11.3 Å². The zero-order valence-electron chi connectivity index (χ0n) is 14.2. The minimum absolute atomic E-state index is 0.255. The van der Waals surface area contributed by atoms with E-state index in [1.807, 2.05) is 50.2 Å². The molecule has 3 rings (SSSR count). The first-order valence-corrected chi connectivity index (χ1v) is 9.04. The van der Waals surface area contributed by atoms with Gasteiger partial charge in [0.05, 0.1) is 17.7 Å². The summed E-state index contributed by atoms with van der Waals surface area (Å²) in [4.78, 5) is 2.01. The monoisotopic (exact) mass is 371 g/mol. The molecule has 1 heterocycles. The van der Waals surface area contributed by atoms with Crippen molar-refractivity contribution in [1.29, 1.82) is 0 Å². The highest BCUT2D eigenvalue weighted by atomic mass is 32.1. The summed E-state index contributed by atoms with van der Waals surface area (Å²) in [5.41, 5.74) is 4.12. The molecule has 3 aromatic rings. The number of halogens is 1. The first-order chi connectivity index (χ1) is 12.0. The molecule has 0 amide bonds. The van der Waals surface area contributed by atoms with Gasteiger partial charge in [-0.3, -0.25) is 0 Å². The maximum Gasteiger partial charge on any atom is 0.201 e. The van der Waals surface area contributed by atoms with E-state index < -0.39 is 0 Å². The summed E-state index contributed by atoms with van der Waals surface area (Å²) in [6, 6.07) is 14.7. The molecule has 0 fully saturated rings. The third-order valence-corrected chi connectivity index (χ3v) is 5.72. The lowest BCUT2D eigenvalue weighted by Gasteiger charge is -2.10. The predicted octanol–water partition coefficient (Wildman–Crippen LogP) is 6.24. The largest absolute Gasteiger partial charge is 0.486 e. The Morgan fingerprint density at radius 3 is 2.48 bits per heavy atom. The molecule has 0 saturated carbocycles. The van der Waals surface area contributed by atoms with Crippen LogP contribution in [0, 0.1) is 19.7 Å². The van der Waals surface area contributed by atoms with Gasteiger partial charge >= 0.3 is 0 Å². The first kappa shape index (κ1) is 17.6. The molecule has 0 bridgehead atoms. The van der Waals surface area contributed by atoms with Crippen molar-refractivity contribution >= 4 is 40.0 Å². The van der Waals surface area contributed by atoms with Gasteiger partial charge in [0, 0.05) is 16.1 Å². The summed E-state index contributed by atoms with van der Waals surface area (Å²) in [6.07, 6.45) is 0. The molecule has 1 N–H and O–H groups in total. The van der Waals surface area contributed by atoms with Crippen LogP contribution in [0.4, 0.5) is 15.8 Å². The number of methoxy groups -OCH3 is 1. The fourth-order valence-corrected chi connectivity index (χ4v) is 4.03. The quantitative estimate of drug-likeness (QED) is 0.549. The number of hydrogen-bond acceptors (Lipinski definition) is 4. The summed E-state index contributed by atoms with van der Waals surface area (Å²) in [7, 11) is 1.57. The summed E-state index contributed by atoms with van der Waals surface area (Å²) in [6.45, 7) is 4.00. The van der Waals surface area contributed by atoms with Crippen molar-refractivity contribution in [3.8, 4) is 11.1 Å². The molecule has 1 aromatic heterocycles. The Morgan fingerprint density at radius 2 is 1.84 bits per heavy atom. The SMILES string of the molecule is COC(=S)c1sc(C)c(Nc2ccc(-c3ccccc3)c(F)c2)c1C. The van der Waals surface area contributed by atoms with Crippen molar-refractivity contribution in [2.75, 3.05) is 12.4 Å². The maximum absolute atomic E-state index is 14.5. The second-order valence-corrected chi connectivity index (χ2v) is 7.26. The number of ether oxygens (including phenoxy) is 1. The molecule has 0 atom stereocenters. The Labute approximate surface area is 156 Å². The van der Waals surface area contributed by atoms with Crippen LogP contribution >= 0.6 is 23.6 Å². The van der Waals surface area contributed by atoms with Crippen LogP contribution in [0.25, 0.3) is 11.1 Å². The van der Waals surface area contributed by atoms with Gasteiger partial charge in [-0.1, -0.05) is 30.3 Å². The zero-order chi connectivity index (χ0) is 18.0. The highest BCUT2D eigenvalue weighted by Gasteiger charge is 2.16. The highest BCUT2D eigenvalue weighted by Crippen LogP contribution is 2.35. The molecular formula is C20H18FNOS2. The third kappa shape index (κ3) is 3.57. The Hall–Kier alpha value is -2.24. The van der Waals surface area contributed by atoms with Gasteiger partial charge in [0.2, 0.25) is 5.05 Å². The van der Waals surface area contributed by atoms with Crippen molar-refractivity contribution in [1.82, 2.24) is 0 Å². The molecule has 2 nitrogen and oxygen atoms in total. The smallest absolute Gasteiger partial charge is 0.201 e. The lowest BCUT2D eigenvalue weighted by molar-refractivity contribution is 0.416. The van der Waals surface area contributed by atoms with Gasteiger partial charge in [-0.2, -0.15) is 0 Å². The minimum atomic E-state index is -0.255. The number of rotatable bonds is 4. The van der Waals surface area contributed by atoms with Crippen molar-refractivity contribution in [2.45, 2.75) is 13.8 Å². The van der Waals surface area contributed by atoms with Crippen molar-refractivity contribution < 1.29 is 9.13 Å². The van der Waals surface area contributed by atoms with Gasteiger partial charge in [0.15, 0.2) is 0 Å². The van der Waals surface area contributed by atoms with E-state index in [4.69, 9.17) is 17.0 Å². The molecule has 0 unspecified atom stereocenters. The van der Waals surface area contributed by atoms with Gasteiger partial charge < -0.3 is 10.1 Å². The normalized spacial score (nSPS) is 10.6. The minimum Gasteiger partial charge on any atom is -0.486 e. The first-order valence-electron chi connectivity index (χ1n) is 7.81. The fourth-order valence-electron chi connectivity index (χ4n) is 2.72. The van der Waals surface area contributed by atoms with E-state index in [0.717, 1.165) is 26.6 Å². The molecule has 25 heavy (non-hydrogen) atoms. The standard InChI is InChI=1S/C20H18FNOS2/c1-12-18(13(2)25-19(12)20(24)23-3)22-15-9-10-16(17(21)11-15)14-7-5-4-6-8-14/h4-11,22H,1-3H3. The molecule has 0 spiro atoms. The molecule has 0 aliphatic rings. The molecule has 5 heteroatoms. The van der Waals surface area contributed by atoms with Gasteiger partial charge in [0.25, 0.3) is 0 Å². The lowest BCUT2D eigenvalue weighted by Crippen LogP contribution is -1.99. The average molecular weight is 372 g/mol. The van der Waals surface area contributed by atoms with E-state index >= 15 is 0 Å². The van der Waals surface area contributed by atoms with Crippen LogP contribution in [0.3, 0.4) is 0 Å². The number of thiophene rings is 1. The molecule has 0 aliphatic heterocycles. The Balaban J connectivity index is 1.91. The van der Waals surface area contributed by atoms with Crippen LogP contribution in [0.15, 0.2) is 48.5 Å². The van der Waals surface area contributed by atoms with Crippen LogP contribution in [0.5, 0.6) is 0 Å². The van der Waals surface area contributed by atoms with Crippen molar-refractivity contribution in [3.05, 3.63) is 69.7 Å². The fraction of sp³-hybridized carbons (Fsp3) is 0.150. The van der Waals surface area contributed by atoms with Gasteiger partial charge in [0.1, 0.15) is 5.82 Å². The number of benzene rings is 2. The predicted molar refractivity (Wildman–Crippen MR) is 108 cm³/mol. The second kappa shape index (κ2) is 7.33. The van der Waals surface area contributed by atoms with E-state index in [1.165, 1.54) is 6.07 Å². The molecule has 128 valence electrons. The second-order valence-electron chi connectivity index (χ2n) is 5.66. The molecule has 0 saturated heterocycles. The van der Waals surface area contributed by atoms with Crippen LogP contribution in [0.2, 0.25) is 0 Å². The number of nitrogens with one attached hydrogen (secondary N) is 1. The van der Waals surface area contributed by atoms with E-state index in [-0.39, 0.29) is 5.82 Å². The van der Waals surface area contributed by atoms with Crippen LogP contribution in [-0.2, 0) is 4.74 Å². The molecule has 0 radical (unpaired) electrons. The third-order valence-electron chi connectivity index (χ3n) is 4.02. The van der Waals surface area contributed by atoms with Crippen molar-refractivity contribution in [2.24, 2.45) is 0 Å². The van der Waals surface area contributed by atoms with Crippen molar-refractivity contribution in [3.63, 3.8) is 0 Å². The van der Waals surface area contributed by atoms with E-state index in [0.29, 0.717) is 16.3 Å². The zero-order valence-corrected chi connectivity index (χ0v) is 15.9. The number of hydrogen-bond donors (Lipinski definition) is 1. The summed E-state index contributed by atoms with van der Waals surface area (Å²) in [5, 5.41) is 3.79. The summed E-state index contributed by atoms with van der Waals surface area (Å²) >= 11 is 6.81. The average Bonchev–Trinajstić information content (AvgIpc) is 2.90. The van der Waals surface area contributed by atoms with Gasteiger partial charge in [-0.05, 0) is 55.4 Å². The molecule has 2 aromatic carbocycles. The van der Waals surface area contributed by atoms with Gasteiger partial charge in [-0.25, -0.2) is 4.39 Å². The molecular weight excluding hydrogens is 353 g/mol. The highest BCUT2D eigenvalue weighted by molar-refractivity contribution is 7.80. The van der Waals surface area contributed by atoms with Crippen LogP contribution in [0.1, 0.15) is 15.3 Å². The molecule has 0 aliphatic carbocycles. The maximum atomic E-state index is 14.5. The summed E-state index contributed by atoms with van der Waals surface area (Å²) in [5.74, 6) is -0.255. The Kier molecular flexibility index (Phi) is 5.16. The van der Waals surface area contributed by atoms with E-state index in [9.17, 15) is 4.39 Å². The van der Waals surface area contributed by atoms with Crippen LogP contribution < -0.4 is 5.32 Å². The topological polar surface area (TPSA) is 21.3 Å². The van der Waals surface area contributed by atoms with E-state index in [1.54, 1.807) is 24.5 Å². The number of anilines is 2. The Bertz CT molecular complexity index is 919.